The van der Waals surface area contributed by atoms with Crippen molar-refractivity contribution in [3.8, 4) is 0 Å². The topological polar surface area (TPSA) is 81.0 Å². The van der Waals surface area contributed by atoms with Crippen molar-refractivity contribution in [2.75, 3.05) is 19.6 Å². The number of hydrogen-bond acceptors (Lipinski definition) is 4. The smallest absolute Gasteiger partial charge is 0.263 e. The van der Waals surface area contributed by atoms with Crippen LogP contribution in [0.4, 0.5) is 0 Å². The SMILES string of the molecule is Cc1cc(C)n(CC2(CNC(=O)c3c(C)ccn(CC4CCCNC4)c3=O)CC2)n1.Cl.Cl. The molecule has 0 radical (unpaired) electrons. The second kappa shape index (κ2) is 10.9. The zero-order chi connectivity index (χ0) is 21.3. The van der Waals surface area contributed by atoms with E-state index in [1.54, 1.807) is 4.57 Å². The second-order valence-corrected chi connectivity index (χ2v) is 9.31. The summed E-state index contributed by atoms with van der Waals surface area (Å²) in [5.41, 5.74) is 3.04. The molecule has 1 atom stereocenters. The summed E-state index contributed by atoms with van der Waals surface area (Å²) in [7, 11) is 0. The van der Waals surface area contributed by atoms with Crippen LogP contribution in [0.3, 0.4) is 0 Å². The largest absolute Gasteiger partial charge is 0.351 e. The van der Waals surface area contributed by atoms with Crippen molar-refractivity contribution in [1.29, 1.82) is 0 Å². The Morgan fingerprint density at radius 3 is 2.62 bits per heavy atom. The average molecular weight is 484 g/mol. The summed E-state index contributed by atoms with van der Waals surface area (Å²) in [6.45, 7) is 9.91. The molecule has 1 aliphatic carbocycles. The van der Waals surface area contributed by atoms with Gasteiger partial charge < -0.3 is 15.2 Å². The van der Waals surface area contributed by atoms with Gasteiger partial charge in [-0.3, -0.25) is 14.3 Å². The number of carbonyl (C=O) groups is 1. The number of carbonyl (C=O) groups excluding carboxylic acids is 1. The number of halogens is 2. The van der Waals surface area contributed by atoms with Crippen molar-refractivity contribution >= 4 is 30.7 Å². The number of amides is 1. The van der Waals surface area contributed by atoms with E-state index in [0.29, 0.717) is 19.0 Å². The van der Waals surface area contributed by atoms with E-state index in [1.165, 1.54) is 0 Å². The standard InChI is InChI=1S/C23H33N5O2.2ClH/c1-16-6-10-27(13-19-5-4-9-24-12-19)22(30)20(16)21(29)25-14-23(7-8-23)15-28-18(3)11-17(2)26-28;;/h6,10-11,19,24H,4-5,7-9,12-15H2,1-3H3,(H,25,29);2*1H. The normalized spacial score (nSPS) is 18.9. The highest BCUT2D eigenvalue weighted by atomic mass is 35.5. The molecule has 0 bridgehead atoms. The molecular formula is C23H35Cl2N5O2. The van der Waals surface area contributed by atoms with Gasteiger partial charge in [0, 0.05) is 36.9 Å². The first-order chi connectivity index (χ1) is 14.4. The van der Waals surface area contributed by atoms with Crippen LogP contribution in [0, 0.1) is 32.1 Å². The lowest BCUT2D eigenvalue weighted by molar-refractivity contribution is 0.0939. The maximum absolute atomic E-state index is 13.1. The van der Waals surface area contributed by atoms with Gasteiger partial charge in [-0.15, -0.1) is 24.8 Å². The van der Waals surface area contributed by atoms with Crippen LogP contribution in [0.5, 0.6) is 0 Å². The molecule has 1 unspecified atom stereocenters. The third-order valence-electron chi connectivity index (χ3n) is 6.62. The third-order valence-corrected chi connectivity index (χ3v) is 6.62. The molecule has 1 saturated carbocycles. The molecular weight excluding hydrogens is 449 g/mol. The molecule has 2 aromatic rings. The van der Waals surface area contributed by atoms with Crippen molar-refractivity contribution < 1.29 is 4.79 Å². The van der Waals surface area contributed by atoms with Crippen LogP contribution < -0.4 is 16.2 Å². The van der Waals surface area contributed by atoms with E-state index in [0.717, 1.165) is 62.3 Å². The lowest BCUT2D eigenvalue weighted by Gasteiger charge is -2.24. The van der Waals surface area contributed by atoms with E-state index < -0.39 is 0 Å². The maximum atomic E-state index is 13.1. The zero-order valence-corrected chi connectivity index (χ0v) is 20.8. The molecule has 3 heterocycles. The minimum absolute atomic E-state index is 0. The summed E-state index contributed by atoms with van der Waals surface area (Å²) in [6, 6.07) is 3.96. The van der Waals surface area contributed by atoms with Crippen LogP contribution in [0.15, 0.2) is 23.1 Å². The van der Waals surface area contributed by atoms with Gasteiger partial charge in [-0.05, 0) is 83.2 Å². The number of aryl methyl sites for hydroxylation is 3. The Bertz CT molecular complexity index is 991. The number of hydrogen-bond donors (Lipinski definition) is 2. The summed E-state index contributed by atoms with van der Waals surface area (Å²) in [5, 5.41) is 11.0. The first-order valence-electron chi connectivity index (χ1n) is 11.1. The lowest BCUT2D eigenvalue weighted by atomic mass is 9.99. The van der Waals surface area contributed by atoms with Gasteiger partial charge >= 0.3 is 0 Å². The Labute approximate surface area is 202 Å². The molecule has 9 heteroatoms. The fourth-order valence-corrected chi connectivity index (χ4v) is 4.52. The molecule has 4 rings (SSSR count). The number of pyridine rings is 1. The van der Waals surface area contributed by atoms with E-state index in [4.69, 9.17) is 0 Å². The Balaban J connectivity index is 0.00000181. The predicted molar refractivity (Wildman–Crippen MR) is 131 cm³/mol. The minimum Gasteiger partial charge on any atom is -0.351 e. The average Bonchev–Trinajstić information content (AvgIpc) is 3.41. The van der Waals surface area contributed by atoms with Crippen LogP contribution in [-0.4, -0.2) is 39.9 Å². The number of rotatable bonds is 7. The van der Waals surface area contributed by atoms with Gasteiger partial charge in [-0.25, -0.2) is 0 Å². The van der Waals surface area contributed by atoms with Gasteiger partial charge in [0.15, 0.2) is 0 Å². The minimum atomic E-state index is -0.256. The van der Waals surface area contributed by atoms with Crippen LogP contribution in [0.2, 0.25) is 0 Å². The number of piperidine rings is 1. The molecule has 178 valence electrons. The number of nitrogens with one attached hydrogen (secondary N) is 2. The molecule has 0 aromatic carbocycles. The fraction of sp³-hybridized carbons (Fsp3) is 0.609. The van der Waals surface area contributed by atoms with Gasteiger partial charge in [-0.1, -0.05) is 0 Å². The first-order valence-corrected chi connectivity index (χ1v) is 11.1. The highest BCUT2D eigenvalue weighted by Gasteiger charge is 2.43. The van der Waals surface area contributed by atoms with E-state index in [2.05, 4.69) is 28.7 Å². The van der Waals surface area contributed by atoms with Crippen molar-refractivity contribution in [1.82, 2.24) is 25.0 Å². The third kappa shape index (κ3) is 5.94. The Morgan fingerprint density at radius 1 is 1.28 bits per heavy atom. The van der Waals surface area contributed by atoms with Gasteiger partial charge in [0.25, 0.3) is 11.5 Å². The molecule has 1 aliphatic heterocycles. The molecule has 2 N–H and O–H groups in total. The summed E-state index contributed by atoms with van der Waals surface area (Å²) < 4.78 is 3.75. The maximum Gasteiger partial charge on any atom is 0.263 e. The van der Waals surface area contributed by atoms with Crippen molar-refractivity contribution in [2.45, 2.75) is 59.5 Å². The number of nitrogens with zero attached hydrogens (tertiary/aromatic N) is 3. The van der Waals surface area contributed by atoms with Gasteiger partial charge in [0.05, 0.1) is 5.69 Å². The highest BCUT2D eigenvalue weighted by Crippen LogP contribution is 2.46. The summed E-state index contributed by atoms with van der Waals surface area (Å²) in [6.07, 6.45) is 6.21. The van der Waals surface area contributed by atoms with E-state index >= 15 is 0 Å². The first kappa shape index (κ1) is 26.4. The Morgan fingerprint density at radius 2 is 2.03 bits per heavy atom. The number of aromatic nitrogens is 3. The van der Waals surface area contributed by atoms with Crippen LogP contribution >= 0.6 is 24.8 Å². The van der Waals surface area contributed by atoms with Gasteiger partial charge in [-0.2, -0.15) is 5.10 Å². The second-order valence-electron chi connectivity index (χ2n) is 9.31. The Hall–Kier alpha value is -1.83. The van der Waals surface area contributed by atoms with Gasteiger partial charge in [0.2, 0.25) is 0 Å². The summed E-state index contributed by atoms with van der Waals surface area (Å²) in [4.78, 5) is 26.0. The van der Waals surface area contributed by atoms with E-state index in [9.17, 15) is 9.59 Å². The predicted octanol–water partition coefficient (Wildman–Crippen LogP) is 3.02. The molecule has 2 fully saturated rings. The van der Waals surface area contributed by atoms with Crippen LogP contribution in [0.1, 0.15) is 53.0 Å². The quantitative estimate of drug-likeness (QED) is 0.633. The fourth-order valence-electron chi connectivity index (χ4n) is 4.52. The molecule has 32 heavy (non-hydrogen) atoms. The van der Waals surface area contributed by atoms with Crippen LogP contribution in [0.25, 0.3) is 0 Å². The monoisotopic (exact) mass is 483 g/mol. The van der Waals surface area contributed by atoms with Crippen molar-refractivity contribution in [3.63, 3.8) is 0 Å². The molecule has 2 aromatic heterocycles. The molecule has 0 spiro atoms. The molecule has 1 saturated heterocycles. The molecule has 7 nitrogen and oxygen atoms in total. The molecule has 2 aliphatic rings. The summed E-state index contributed by atoms with van der Waals surface area (Å²) in [5.74, 6) is 0.179. The Kier molecular flexibility index (Phi) is 8.97. The van der Waals surface area contributed by atoms with Crippen molar-refractivity contribution in [2.24, 2.45) is 11.3 Å². The van der Waals surface area contributed by atoms with Crippen LogP contribution in [-0.2, 0) is 13.1 Å². The van der Waals surface area contributed by atoms with Crippen molar-refractivity contribution in [3.05, 3.63) is 51.2 Å². The highest BCUT2D eigenvalue weighted by molar-refractivity contribution is 5.95. The molecule has 1 amide bonds. The van der Waals surface area contributed by atoms with Gasteiger partial charge in [0.1, 0.15) is 5.56 Å². The zero-order valence-electron chi connectivity index (χ0n) is 19.1. The lowest BCUT2D eigenvalue weighted by Crippen LogP contribution is -2.39. The van der Waals surface area contributed by atoms with E-state index in [1.807, 2.05) is 30.8 Å². The summed E-state index contributed by atoms with van der Waals surface area (Å²) >= 11 is 0. The van der Waals surface area contributed by atoms with E-state index in [-0.39, 0.29) is 47.3 Å².